The van der Waals surface area contributed by atoms with Gasteiger partial charge in [0.15, 0.2) is 0 Å². The van der Waals surface area contributed by atoms with Gasteiger partial charge in [-0.05, 0) is 42.7 Å². The summed E-state index contributed by atoms with van der Waals surface area (Å²) < 4.78 is 0. The predicted molar refractivity (Wildman–Crippen MR) is 97.3 cm³/mol. The zero-order valence-electron chi connectivity index (χ0n) is 13.6. The van der Waals surface area contributed by atoms with Crippen molar-refractivity contribution in [1.29, 1.82) is 0 Å². The molecule has 2 aromatic carbocycles. The van der Waals surface area contributed by atoms with Gasteiger partial charge in [0.05, 0.1) is 11.0 Å². The number of rotatable bonds is 6. The van der Waals surface area contributed by atoms with Crippen LogP contribution in [-0.4, -0.2) is 22.4 Å². The van der Waals surface area contributed by atoms with Crippen LogP contribution in [-0.2, 0) is 17.6 Å². The highest BCUT2D eigenvalue weighted by Crippen LogP contribution is 2.17. The van der Waals surface area contributed by atoms with Crippen LogP contribution >= 0.6 is 11.6 Å². The van der Waals surface area contributed by atoms with E-state index in [1.54, 1.807) is 0 Å². The Morgan fingerprint density at radius 3 is 2.83 bits per heavy atom. The molecule has 1 heterocycles. The summed E-state index contributed by atoms with van der Waals surface area (Å²) in [5.41, 5.74) is 4.11. The van der Waals surface area contributed by atoms with Crippen molar-refractivity contribution in [3.05, 3.63) is 64.4 Å². The molecule has 0 aliphatic carbocycles. The number of carbonyl (C=O) groups excluding carboxylic acids is 1. The number of hydrogen-bond acceptors (Lipinski definition) is 2. The van der Waals surface area contributed by atoms with Gasteiger partial charge in [0.25, 0.3) is 0 Å². The highest BCUT2D eigenvalue weighted by Gasteiger charge is 2.05. The number of aryl methyl sites for hydroxylation is 2. The third-order valence-electron chi connectivity index (χ3n) is 4.00. The number of para-hydroxylation sites is 2. The Morgan fingerprint density at radius 1 is 1.21 bits per heavy atom. The van der Waals surface area contributed by atoms with Crippen molar-refractivity contribution in [2.24, 2.45) is 0 Å². The van der Waals surface area contributed by atoms with Gasteiger partial charge < -0.3 is 10.3 Å². The molecule has 0 aliphatic rings. The molecule has 24 heavy (non-hydrogen) atoms. The monoisotopic (exact) mass is 341 g/mol. The van der Waals surface area contributed by atoms with Gasteiger partial charge in [-0.15, -0.1) is 0 Å². The molecule has 0 saturated heterocycles. The number of fused-ring (bicyclic) bond motifs is 1. The smallest absolute Gasteiger partial charge is 0.220 e. The molecule has 2 N–H and O–H groups in total. The first kappa shape index (κ1) is 16.5. The molecule has 0 fully saturated rings. The average molecular weight is 342 g/mol. The zero-order chi connectivity index (χ0) is 16.9. The van der Waals surface area contributed by atoms with Crippen LogP contribution in [0.4, 0.5) is 0 Å². The SMILES string of the molecule is Cc1ccc(CCC(=O)NCCc2nc3ccccc3[nH]2)cc1Cl. The van der Waals surface area contributed by atoms with E-state index in [1.165, 1.54) is 0 Å². The fourth-order valence-electron chi connectivity index (χ4n) is 2.58. The van der Waals surface area contributed by atoms with Crippen molar-refractivity contribution >= 4 is 28.5 Å². The molecule has 0 radical (unpaired) electrons. The zero-order valence-corrected chi connectivity index (χ0v) is 14.4. The van der Waals surface area contributed by atoms with Gasteiger partial charge in [0, 0.05) is 24.4 Å². The Morgan fingerprint density at radius 2 is 2.04 bits per heavy atom. The summed E-state index contributed by atoms with van der Waals surface area (Å²) in [5, 5.41) is 3.69. The molecule has 3 rings (SSSR count). The standard InChI is InChI=1S/C19H20ClN3O/c1-13-6-7-14(12-15(13)20)8-9-19(24)21-11-10-18-22-16-4-2-3-5-17(16)23-18/h2-7,12H,8-11H2,1H3,(H,21,24)(H,22,23). The van der Waals surface area contributed by atoms with E-state index < -0.39 is 0 Å². The molecule has 0 bridgehead atoms. The molecule has 0 atom stereocenters. The number of amides is 1. The molecule has 5 heteroatoms. The summed E-state index contributed by atoms with van der Waals surface area (Å²) in [6.07, 6.45) is 1.84. The Balaban J connectivity index is 1.44. The lowest BCUT2D eigenvalue weighted by Crippen LogP contribution is -2.26. The van der Waals surface area contributed by atoms with Gasteiger partial charge >= 0.3 is 0 Å². The average Bonchev–Trinajstić information content (AvgIpc) is 2.98. The molecule has 1 amide bonds. The summed E-state index contributed by atoms with van der Waals surface area (Å²) >= 11 is 6.10. The predicted octanol–water partition coefficient (Wildman–Crippen LogP) is 3.82. The van der Waals surface area contributed by atoms with Crippen LogP contribution in [0.3, 0.4) is 0 Å². The van der Waals surface area contributed by atoms with Crippen LogP contribution in [0.1, 0.15) is 23.4 Å². The van der Waals surface area contributed by atoms with E-state index in [-0.39, 0.29) is 5.91 Å². The molecule has 4 nitrogen and oxygen atoms in total. The molecular weight excluding hydrogens is 322 g/mol. The molecule has 0 saturated carbocycles. The van der Waals surface area contributed by atoms with Gasteiger partial charge in [-0.3, -0.25) is 4.79 Å². The van der Waals surface area contributed by atoms with E-state index in [0.717, 1.165) is 33.0 Å². The highest BCUT2D eigenvalue weighted by molar-refractivity contribution is 6.31. The largest absolute Gasteiger partial charge is 0.356 e. The third kappa shape index (κ3) is 4.15. The molecule has 1 aromatic heterocycles. The Hall–Kier alpha value is -2.33. The summed E-state index contributed by atoms with van der Waals surface area (Å²) in [6, 6.07) is 13.8. The van der Waals surface area contributed by atoms with E-state index in [4.69, 9.17) is 11.6 Å². The van der Waals surface area contributed by atoms with Crippen molar-refractivity contribution in [3.8, 4) is 0 Å². The summed E-state index contributed by atoms with van der Waals surface area (Å²) in [5.74, 6) is 0.935. The Bertz CT molecular complexity index is 824. The Labute approximate surface area is 146 Å². The summed E-state index contributed by atoms with van der Waals surface area (Å²) in [4.78, 5) is 19.7. The van der Waals surface area contributed by atoms with E-state index in [2.05, 4.69) is 15.3 Å². The van der Waals surface area contributed by atoms with Gasteiger partial charge in [0.1, 0.15) is 5.82 Å². The number of nitrogens with one attached hydrogen (secondary N) is 2. The topological polar surface area (TPSA) is 57.8 Å². The first-order chi connectivity index (χ1) is 11.6. The van der Waals surface area contributed by atoms with Crippen LogP contribution in [0, 0.1) is 6.92 Å². The maximum Gasteiger partial charge on any atom is 0.220 e. The second kappa shape index (κ2) is 7.49. The van der Waals surface area contributed by atoms with Gasteiger partial charge in [-0.2, -0.15) is 0 Å². The number of aromatic amines is 1. The minimum atomic E-state index is 0.0443. The first-order valence-corrected chi connectivity index (χ1v) is 8.45. The second-order valence-electron chi connectivity index (χ2n) is 5.88. The lowest BCUT2D eigenvalue weighted by atomic mass is 10.1. The number of carbonyl (C=O) groups is 1. The fourth-order valence-corrected chi connectivity index (χ4v) is 2.79. The van der Waals surface area contributed by atoms with E-state index in [9.17, 15) is 4.79 Å². The van der Waals surface area contributed by atoms with Gasteiger partial charge in [-0.25, -0.2) is 4.98 Å². The van der Waals surface area contributed by atoms with Crippen molar-refractivity contribution in [2.45, 2.75) is 26.2 Å². The molecule has 3 aromatic rings. The number of hydrogen-bond donors (Lipinski definition) is 2. The summed E-state index contributed by atoms with van der Waals surface area (Å²) in [7, 11) is 0. The number of benzene rings is 2. The van der Waals surface area contributed by atoms with Crippen molar-refractivity contribution < 1.29 is 4.79 Å². The van der Waals surface area contributed by atoms with E-state index in [1.807, 2.05) is 49.4 Å². The fraction of sp³-hybridized carbons (Fsp3) is 0.263. The van der Waals surface area contributed by atoms with Crippen molar-refractivity contribution in [3.63, 3.8) is 0 Å². The normalized spacial score (nSPS) is 10.9. The molecule has 0 spiro atoms. The molecule has 0 aliphatic heterocycles. The lowest BCUT2D eigenvalue weighted by molar-refractivity contribution is -0.121. The third-order valence-corrected chi connectivity index (χ3v) is 4.41. The van der Waals surface area contributed by atoms with Gasteiger partial charge in [-0.1, -0.05) is 35.9 Å². The number of imidazole rings is 1. The minimum Gasteiger partial charge on any atom is -0.356 e. The molecule has 0 unspecified atom stereocenters. The summed E-state index contributed by atoms with van der Waals surface area (Å²) in [6.45, 7) is 2.55. The van der Waals surface area contributed by atoms with Crippen LogP contribution in [0.2, 0.25) is 5.02 Å². The Kier molecular flexibility index (Phi) is 5.16. The van der Waals surface area contributed by atoms with Crippen molar-refractivity contribution in [2.75, 3.05) is 6.54 Å². The van der Waals surface area contributed by atoms with E-state index >= 15 is 0 Å². The lowest BCUT2D eigenvalue weighted by Gasteiger charge is -2.06. The molecule has 124 valence electrons. The highest BCUT2D eigenvalue weighted by atomic mass is 35.5. The van der Waals surface area contributed by atoms with Gasteiger partial charge in [0.2, 0.25) is 5.91 Å². The number of H-pyrrole nitrogens is 1. The van der Waals surface area contributed by atoms with Crippen LogP contribution in [0.15, 0.2) is 42.5 Å². The van der Waals surface area contributed by atoms with Crippen molar-refractivity contribution in [1.82, 2.24) is 15.3 Å². The van der Waals surface area contributed by atoms with E-state index in [0.29, 0.717) is 25.8 Å². The number of halogens is 1. The van der Waals surface area contributed by atoms with Crippen LogP contribution in [0.25, 0.3) is 11.0 Å². The molecular formula is C19H20ClN3O. The maximum absolute atomic E-state index is 12.0. The second-order valence-corrected chi connectivity index (χ2v) is 6.29. The first-order valence-electron chi connectivity index (χ1n) is 8.07. The van der Waals surface area contributed by atoms with Crippen LogP contribution in [0.5, 0.6) is 0 Å². The number of nitrogens with zero attached hydrogens (tertiary/aromatic N) is 1. The quantitative estimate of drug-likeness (QED) is 0.716. The number of aromatic nitrogens is 2. The maximum atomic E-state index is 12.0. The van der Waals surface area contributed by atoms with Crippen LogP contribution < -0.4 is 5.32 Å². The minimum absolute atomic E-state index is 0.0443.